The predicted octanol–water partition coefficient (Wildman–Crippen LogP) is 2.52. The second kappa shape index (κ2) is 7.14. The number of oxazole rings is 1. The third-order valence-corrected chi connectivity index (χ3v) is 4.96. The smallest absolute Gasteiger partial charge is 0.240 e. The third kappa shape index (κ3) is 4.33. The van der Waals surface area contributed by atoms with Crippen LogP contribution >= 0.6 is 0 Å². The van der Waals surface area contributed by atoms with E-state index in [4.69, 9.17) is 9.15 Å². The zero-order valence-corrected chi connectivity index (χ0v) is 14.7. The summed E-state index contributed by atoms with van der Waals surface area (Å²) in [7, 11) is -3.58. The molecule has 6 nitrogen and oxygen atoms in total. The zero-order valence-electron chi connectivity index (χ0n) is 13.8. The second-order valence-electron chi connectivity index (χ2n) is 5.33. The molecule has 0 amide bonds. The minimum absolute atomic E-state index is 0.230. The van der Waals surface area contributed by atoms with Crippen LogP contribution in [-0.4, -0.2) is 26.6 Å². The fraction of sp³-hybridized carbons (Fsp3) is 0.438. The Labute approximate surface area is 136 Å². The van der Waals surface area contributed by atoms with Crippen LogP contribution < -0.4 is 9.46 Å². The zero-order chi connectivity index (χ0) is 17.0. The molecule has 0 atom stereocenters. The summed E-state index contributed by atoms with van der Waals surface area (Å²) in [6, 6.07) is 3.39. The van der Waals surface area contributed by atoms with Gasteiger partial charge >= 0.3 is 0 Å². The first-order valence-electron chi connectivity index (χ1n) is 7.48. The van der Waals surface area contributed by atoms with Crippen LogP contribution in [-0.2, 0) is 16.4 Å². The molecule has 0 saturated carbocycles. The predicted molar refractivity (Wildman–Crippen MR) is 87.2 cm³/mol. The monoisotopic (exact) mass is 338 g/mol. The molecule has 126 valence electrons. The van der Waals surface area contributed by atoms with Gasteiger partial charge in [0.2, 0.25) is 10.0 Å². The molecular weight excluding hydrogens is 316 g/mol. The van der Waals surface area contributed by atoms with Crippen molar-refractivity contribution in [3.8, 4) is 5.75 Å². The molecule has 0 aliphatic rings. The molecule has 0 radical (unpaired) electrons. The van der Waals surface area contributed by atoms with Gasteiger partial charge in [-0.25, -0.2) is 18.1 Å². The molecule has 2 aromatic rings. The largest absolute Gasteiger partial charge is 0.494 e. The normalized spacial score (nSPS) is 11.7. The number of nitrogens with zero attached hydrogens (tertiary/aromatic N) is 1. The average molecular weight is 338 g/mol. The Morgan fingerprint density at radius 3 is 2.57 bits per heavy atom. The van der Waals surface area contributed by atoms with Gasteiger partial charge in [-0.3, -0.25) is 0 Å². The summed E-state index contributed by atoms with van der Waals surface area (Å²) in [6.45, 7) is 8.05. The number of sulfonamides is 1. The van der Waals surface area contributed by atoms with Crippen molar-refractivity contribution in [1.82, 2.24) is 9.71 Å². The van der Waals surface area contributed by atoms with Crippen LogP contribution in [0, 0.1) is 20.8 Å². The molecule has 23 heavy (non-hydrogen) atoms. The van der Waals surface area contributed by atoms with E-state index in [1.54, 1.807) is 32.2 Å². The van der Waals surface area contributed by atoms with Gasteiger partial charge < -0.3 is 9.15 Å². The molecule has 0 spiro atoms. The maximum absolute atomic E-state index is 12.5. The Balaban J connectivity index is 2.11. The van der Waals surface area contributed by atoms with Gasteiger partial charge in [0.25, 0.3) is 0 Å². The Morgan fingerprint density at radius 2 is 1.96 bits per heavy atom. The molecule has 1 aromatic carbocycles. The highest BCUT2D eigenvalue weighted by atomic mass is 32.2. The first-order chi connectivity index (χ1) is 10.8. The number of rotatable bonds is 7. The lowest BCUT2D eigenvalue weighted by atomic mass is 10.1. The quantitative estimate of drug-likeness (QED) is 0.839. The molecule has 2 rings (SSSR count). The number of ether oxygens (including phenoxy) is 1. The molecule has 0 unspecified atom stereocenters. The van der Waals surface area contributed by atoms with Crippen molar-refractivity contribution < 1.29 is 17.6 Å². The van der Waals surface area contributed by atoms with Gasteiger partial charge in [-0.05, 0) is 51.0 Å². The van der Waals surface area contributed by atoms with Crippen LogP contribution in [0.3, 0.4) is 0 Å². The summed E-state index contributed by atoms with van der Waals surface area (Å²) in [4.78, 5) is 4.32. The van der Waals surface area contributed by atoms with Crippen molar-refractivity contribution in [2.24, 2.45) is 0 Å². The van der Waals surface area contributed by atoms with Crippen molar-refractivity contribution in [2.75, 3.05) is 13.2 Å². The molecule has 1 heterocycles. The standard InChI is InChI=1S/C16H22N2O4S/c1-5-21-14-8-12(3)15(9-11(14)2)23(19,20)18-7-6-16-17-10-13(4)22-16/h8-10,18H,5-7H2,1-4H3. The van der Waals surface area contributed by atoms with E-state index >= 15 is 0 Å². The highest BCUT2D eigenvalue weighted by molar-refractivity contribution is 7.89. The Hall–Kier alpha value is -1.86. The second-order valence-corrected chi connectivity index (χ2v) is 7.06. The van der Waals surface area contributed by atoms with E-state index in [2.05, 4.69) is 9.71 Å². The average Bonchev–Trinajstić information content (AvgIpc) is 2.88. The van der Waals surface area contributed by atoms with Crippen LogP contribution in [0.4, 0.5) is 0 Å². The number of aryl methyl sites for hydroxylation is 3. The van der Waals surface area contributed by atoms with Gasteiger partial charge in [0, 0.05) is 13.0 Å². The Kier molecular flexibility index (Phi) is 5.43. The van der Waals surface area contributed by atoms with Crippen LogP contribution in [0.15, 0.2) is 27.6 Å². The van der Waals surface area contributed by atoms with E-state index in [1.165, 1.54) is 0 Å². The summed E-state index contributed by atoms with van der Waals surface area (Å²) in [6.07, 6.45) is 2.02. The van der Waals surface area contributed by atoms with Gasteiger partial charge in [0.15, 0.2) is 5.89 Å². The van der Waals surface area contributed by atoms with Gasteiger partial charge in [0.1, 0.15) is 11.5 Å². The maximum atomic E-state index is 12.5. The van der Waals surface area contributed by atoms with Gasteiger partial charge in [-0.2, -0.15) is 0 Å². The van der Waals surface area contributed by atoms with Crippen molar-refractivity contribution in [3.63, 3.8) is 0 Å². The van der Waals surface area contributed by atoms with E-state index in [9.17, 15) is 8.42 Å². The third-order valence-electron chi connectivity index (χ3n) is 3.36. The SMILES string of the molecule is CCOc1cc(C)c(S(=O)(=O)NCCc2ncc(C)o2)cc1C. The van der Waals surface area contributed by atoms with E-state index in [1.807, 2.05) is 13.8 Å². The molecule has 0 saturated heterocycles. The maximum Gasteiger partial charge on any atom is 0.240 e. The summed E-state index contributed by atoms with van der Waals surface area (Å²) in [5, 5.41) is 0. The van der Waals surface area contributed by atoms with Crippen LogP contribution in [0.1, 0.15) is 29.7 Å². The molecule has 1 N–H and O–H groups in total. The van der Waals surface area contributed by atoms with Crippen LogP contribution in [0.5, 0.6) is 5.75 Å². The van der Waals surface area contributed by atoms with E-state index in [-0.39, 0.29) is 11.4 Å². The first-order valence-corrected chi connectivity index (χ1v) is 8.97. The van der Waals surface area contributed by atoms with E-state index in [0.29, 0.717) is 36.0 Å². The Bertz CT molecular complexity index is 781. The number of nitrogens with one attached hydrogen (secondary N) is 1. The lowest BCUT2D eigenvalue weighted by Crippen LogP contribution is -2.26. The topological polar surface area (TPSA) is 81.4 Å². The number of hydrogen-bond acceptors (Lipinski definition) is 5. The van der Waals surface area contributed by atoms with Gasteiger partial charge in [0.05, 0.1) is 17.7 Å². The summed E-state index contributed by atoms with van der Waals surface area (Å²) >= 11 is 0. The lowest BCUT2D eigenvalue weighted by molar-refractivity contribution is 0.337. The van der Waals surface area contributed by atoms with Crippen molar-refractivity contribution >= 4 is 10.0 Å². The van der Waals surface area contributed by atoms with E-state index < -0.39 is 10.0 Å². The van der Waals surface area contributed by atoms with Crippen molar-refractivity contribution in [3.05, 3.63) is 41.1 Å². The highest BCUT2D eigenvalue weighted by Gasteiger charge is 2.18. The molecule has 7 heteroatoms. The highest BCUT2D eigenvalue weighted by Crippen LogP contribution is 2.25. The van der Waals surface area contributed by atoms with Gasteiger partial charge in [-0.15, -0.1) is 0 Å². The molecule has 0 aliphatic carbocycles. The minimum Gasteiger partial charge on any atom is -0.494 e. The fourth-order valence-electron chi connectivity index (χ4n) is 2.25. The molecule has 0 bridgehead atoms. The molecule has 0 fully saturated rings. The summed E-state index contributed by atoms with van der Waals surface area (Å²) in [5.41, 5.74) is 1.44. The number of hydrogen-bond donors (Lipinski definition) is 1. The first kappa shape index (κ1) is 17.5. The summed E-state index contributed by atoms with van der Waals surface area (Å²) in [5.74, 6) is 1.94. The Morgan fingerprint density at radius 1 is 1.22 bits per heavy atom. The van der Waals surface area contributed by atoms with Crippen LogP contribution in [0.2, 0.25) is 0 Å². The van der Waals surface area contributed by atoms with Crippen LogP contribution in [0.25, 0.3) is 0 Å². The lowest BCUT2D eigenvalue weighted by Gasteiger charge is -2.13. The molecule has 1 aromatic heterocycles. The number of aromatic nitrogens is 1. The summed E-state index contributed by atoms with van der Waals surface area (Å²) < 4.78 is 38.3. The van der Waals surface area contributed by atoms with Crippen molar-refractivity contribution in [2.45, 2.75) is 39.0 Å². The number of benzene rings is 1. The fourth-order valence-corrected chi connectivity index (χ4v) is 3.59. The minimum atomic E-state index is -3.58. The molecule has 0 aliphatic heterocycles. The van der Waals surface area contributed by atoms with Gasteiger partial charge in [-0.1, -0.05) is 0 Å². The van der Waals surface area contributed by atoms with E-state index in [0.717, 1.165) is 5.56 Å². The molecular formula is C16H22N2O4S. The van der Waals surface area contributed by atoms with Crippen molar-refractivity contribution in [1.29, 1.82) is 0 Å².